The minimum Gasteiger partial charge on any atom is -0.375 e. The summed E-state index contributed by atoms with van der Waals surface area (Å²) in [6.07, 6.45) is -0.391. The molecular weight excluding hydrogens is 276 g/mol. The molecule has 1 aliphatic rings. The molecule has 0 bridgehead atoms. The lowest BCUT2D eigenvalue weighted by atomic mass is 10.1. The largest absolute Gasteiger partial charge is 0.375 e. The molecule has 1 fully saturated rings. The maximum atomic E-state index is 12.4. The third-order valence-corrected chi connectivity index (χ3v) is 3.53. The molecule has 1 aromatic rings. The standard InChI is InChI=1S/C13H22N4O4/c1-8-11(14-5-6-20-8)13(18)17(3)7-10-15-12(16-21-10)9(2)19-4/h8-9,11,14H,5-7H2,1-4H3/t8-,9?,11+/m1/s1. The van der Waals surface area contributed by atoms with E-state index in [0.717, 1.165) is 0 Å². The number of nitrogens with zero attached hydrogens (tertiary/aromatic N) is 3. The number of morpholine rings is 1. The van der Waals surface area contributed by atoms with Gasteiger partial charge in [-0.05, 0) is 13.8 Å². The molecule has 118 valence electrons. The molecule has 1 aliphatic heterocycles. The first kappa shape index (κ1) is 15.9. The zero-order valence-electron chi connectivity index (χ0n) is 12.8. The highest BCUT2D eigenvalue weighted by atomic mass is 16.5. The predicted molar refractivity (Wildman–Crippen MR) is 73.4 cm³/mol. The lowest BCUT2D eigenvalue weighted by Crippen LogP contribution is -2.55. The second-order valence-electron chi connectivity index (χ2n) is 5.13. The molecule has 1 unspecified atom stereocenters. The van der Waals surface area contributed by atoms with Crippen LogP contribution in [0, 0.1) is 0 Å². The van der Waals surface area contributed by atoms with Crippen molar-refractivity contribution < 1.29 is 18.8 Å². The lowest BCUT2D eigenvalue weighted by molar-refractivity contribution is -0.139. The molecule has 0 spiro atoms. The van der Waals surface area contributed by atoms with Crippen molar-refractivity contribution in [3.05, 3.63) is 11.7 Å². The Balaban J connectivity index is 1.95. The average Bonchev–Trinajstić information content (AvgIpc) is 2.94. The molecular formula is C13H22N4O4. The van der Waals surface area contributed by atoms with Gasteiger partial charge in [-0.25, -0.2) is 0 Å². The maximum Gasteiger partial charge on any atom is 0.246 e. The van der Waals surface area contributed by atoms with Crippen molar-refractivity contribution in [3.63, 3.8) is 0 Å². The number of nitrogens with one attached hydrogen (secondary N) is 1. The molecule has 2 rings (SSSR count). The first-order chi connectivity index (χ1) is 10.0. The van der Waals surface area contributed by atoms with E-state index in [0.29, 0.717) is 24.9 Å². The summed E-state index contributed by atoms with van der Waals surface area (Å²) in [5.74, 6) is 0.803. The van der Waals surface area contributed by atoms with Crippen LogP contribution in [0.3, 0.4) is 0 Å². The van der Waals surface area contributed by atoms with Gasteiger partial charge in [-0.1, -0.05) is 5.16 Å². The topological polar surface area (TPSA) is 89.7 Å². The van der Waals surface area contributed by atoms with Gasteiger partial charge in [0.15, 0.2) is 5.82 Å². The third kappa shape index (κ3) is 3.78. The number of rotatable bonds is 5. The van der Waals surface area contributed by atoms with Crippen LogP contribution in [-0.2, 0) is 20.8 Å². The van der Waals surface area contributed by atoms with Gasteiger partial charge in [0.1, 0.15) is 12.1 Å². The summed E-state index contributed by atoms with van der Waals surface area (Å²) in [7, 11) is 3.28. The number of hydrogen-bond acceptors (Lipinski definition) is 7. The lowest BCUT2D eigenvalue weighted by Gasteiger charge is -2.31. The zero-order chi connectivity index (χ0) is 15.4. The summed E-state index contributed by atoms with van der Waals surface area (Å²) in [5.41, 5.74) is 0. The van der Waals surface area contributed by atoms with Gasteiger partial charge in [-0.3, -0.25) is 4.79 Å². The van der Waals surface area contributed by atoms with Crippen LogP contribution >= 0.6 is 0 Å². The van der Waals surface area contributed by atoms with Crippen LogP contribution in [0.25, 0.3) is 0 Å². The quantitative estimate of drug-likeness (QED) is 0.825. The Morgan fingerprint density at radius 3 is 3.05 bits per heavy atom. The first-order valence-electron chi connectivity index (χ1n) is 6.98. The molecule has 0 radical (unpaired) electrons. The van der Waals surface area contributed by atoms with Gasteiger partial charge in [0.25, 0.3) is 0 Å². The van der Waals surface area contributed by atoms with E-state index in [-0.39, 0.29) is 30.7 Å². The Labute approximate surface area is 123 Å². The van der Waals surface area contributed by atoms with E-state index in [1.165, 1.54) is 0 Å². The smallest absolute Gasteiger partial charge is 0.246 e. The summed E-state index contributed by atoms with van der Waals surface area (Å²) >= 11 is 0. The number of amides is 1. The molecule has 1 N–H and O–H groups in total. The molecule has 1 amide bonds. The Bertz CT molecular complexity index is 478. The summed E-state index contributed by atoms with van der Waals surface area (Å²) < 4.78 is 15.7. The maximum absolute atomic E-state index is 12.4. The second-order valence-corrected chi connectivity index (χ2v) is 5.13. The number of ether oxygens (including phenoxy) is 2. The highest BCUT2D eigenvalue weighted by molar-refractivity contribution is 5.82. The number of aromatic nitrogens is 2. The van der Waals surface area contributed by atoms with Crippen molar-refractivity contribution in [1.82, 2.24) is 20.4 Å². The van der Waals surface area contributed by atoms with E-state index < -0.39 is 0 Å². The minimum atomic E-state index is -0.343. The van der Waals surface area contributed by atoms with Crippen LogP contribution in [0.1, 0.15) is 31.7 Å². The fourth-order valence-electron chi connectivity index (χ4n) is 2.13. The zero-order valence-corrected chi connectivity index (χ0v) is 12.8. The third-order valence-electron chi connectivity index (χ3n) is 3.53. The fraction of sp³-hybridized carbons (Fsp3) is 0.769. The number of carbonyl (C=O) groups is 1. The minimum absolute atomic E-state index is 0.0539. The molecule has 8 nitrogen and oxygen atoms in total. The average molecular weight is 298 g/mol. The van der Waals surface area contributed by atoms with Crippen LogP contribution in [0.4, 0.5) is 0 Å². The molecule has 0 aliphatic carbocycles. The van der Waals surface area contributed by atoms with Crippen LogP contribution in [0.2, 0.25) is 0 Å². The van der Waals surface area contributed by atoms with Crippen LogP contribution in [0.5, 0.6) is 0 Å². The molecule has 21 heavy (non-hydrogen) atoms. The van der Waals surface area contributed by atoms with Crippen molar-refractivity contribution in [2.45, 2.75) is 38.6 Å². The molecule has 0 aromatic carbocycles. The van der Waals surface area contributed by atoms with E-state index in [4.69, 9.17) is 14.0 Å². The molecule has 2 heterocycles. The monoisotopic (exact) mass is 298 g/mol. The van der Waals surface area contributed by atoms with Crippen molar-refractivity contribution >= 4 is 5.91 Å². The van der Waals surface area contributed by atoms with Gasteiger partial charge in [-0.2, -0.15) is 4.98 Å². The van der Waals surface area contributed by atoms with Crippen molar-refractivity contribution in [3.8, 4) is 0 Å². The number of hydrogen-bond donors (Lipinski definition) is 1. The van der Waals surface area contributed by atoms with Crippen LogP contribution in [0.15, 0.2) is 4.52 Å². The van der Waals surface area contributed by atoms with Crippen LogP contribution < -0.4 is 5.32 Å². The summed E-state index contributed by atoms with van der Waals surface area (Å²) in [4.78, 5) is 18.2. The predicted octanol–water partition coefficient (Wildman–Crippen LogP) is 0.112. The van der Waals surface area contributed by atoms with E-state index >= 15 is 0 Å². The second kappa shape index (κ2) is 6.97. The molecule has 1 saturated heterocycles. The summed E-state index contributed by atoms with van der Waals surface area (Å²) in [6, 6.07) is -0.343. The van der Waals surface area contributed by atoms with E-state index in [9.17, 15) is 4.79 Å². The van der Waals surface area contributed by atoms with Gasteiger partial charge in [0, 0.05) is 20.7 Å². The van der Waals surface area contributed by atoms with Crippen LogP contribution in [-0.4, -0.2) is 60.4 Å². The Morgan fingerprint density at radius 1 is 1.62 bits per heavy atom. The molecule has 1 aromatic heterocycles. The Morgan fingerprint density at radius 2 is 2.38 bits per heavy atom. The van der Waals surface area contributed by atoms with E-state index in [1.807, 2.05) is 13.8 Å². The van der Waals surface area contributed by atoms with Gasteiger partial charge in [0.2, 0.25) is 11.8 Å². The summed E-state index contributed by atoms with van der Waals surface area (Å²) in [6.45, 7) is 5.26. The molecule has 3 atom stereocenters. The van der Waals surface area contributed by atoms with Gasteiger partial charge in [-0.15, -0.1) is 0 Å². The fourth-order valence-corrected chi connectivity index (χ4v) is 2.13. The van der Waals surface area contributed by atoms with Gasteiger partial charge >= 0.3 is 0 Å². The van der Waals surface area contributed by atoms with Crippen molar-refractivity contribution in [2.24, 2.45) is 0 Å². The van der Waals surface area contributed by atoms with Gasteiger partial charge in [0.05, 0.1) is 19.3 Å². The summed E-state index contributed by atoms with van der Waals surface area (Å²) in [5, 5.41) is 7.00. The van der Waals surface area contributed by atoms with Crippen molar-refractivity contribution in [1.29, 1.82) is 0 Å². The first-order valence-corrected chi connectivity index (χ1v) is 6.98. The van der Waals surface area contributed by atoms with Crippen molar-refractivity contribution in [2.75, 3.05) is 27.3 Å². The SMILES string of the molecule is COC(C)c1noc(CN(C)C(=O)[C@H]2NCCO[C@@H]2C)n1. The molecule has 0 saturated carbocycles. The normalized spacial score (nSPS) is 23.8. The van der Waals surface area contributed by atoms with E-state index in [2.05, 4.69) is 15.5 Å². The Kier molecular flexibility index (Phi) is 5.27. The highest BCUT2D eigenvalue weighted by Gasteiger charge is 2.31. The number of likely N-dealkylation sites (N-methyl/N-ethyl adjacent to an activating group) is 1. The number of methoxy groups -OCH3 is 1. The highest BCUT2D eigenvalue weighted by Crippen LogP contribution is 2.13. The Hall–Kier alpha value is -1.51. The molecule has 8 heteroatoms. The number of carbonyl (C=O) groups excluding carboxylic acids is 1. The van der Waals surface area contributed by atoms with Gasteiger partial charge < -0.3 is 24.2 Å². The van der Waals surface area contributed by atoms with E-state index in [1.54, 1.807) is 19.1 Å².